The summed E-state index contributed by atoms with van der Waals surface area (Å²) in [6.07, 6.45) is 1.01. The van der Waals surface area contributed by atoms with Gasteiger partial charge >= 0.3 is 5.97 Å². The van der Waals surface area contributed by atoms with E-state index in [4.69, 9.17) is 5.11 Å². The summed E-state index contributed by atoms with van der Waals surface area (Å²) in [7, 11) is 0. The van der Waals surface area contributed by atoms with Crippen molar-refractivity contribution in [2.75, 3.05) is 13.1 Å². The van der Waals surface area contributed by atoms with Crippen LogP contribution < -0.4 is 0 Å². The van der Waals surface area contributed by atoms with Gasteiger partial charge in [0.25, 0.3) is 0 Å². The lowest BCUT2D eigenvalue weighted by Crippen LogP contribution is -2.28. The van der Waals surface area contributed by atoms with E-state index in [1.807, 2.05) is 11.8 Å². The topological polar surface area (TPSA) is 52.9 Å². The highest BCUT2D eigenvalue weighted by atomic mass is 35.5. The Kier molecular flexibility index (Phi) is 3.44. The molecule has 2 aliphatic heterocycles. The number of amidine groups is 1. The summed E-state index contributed by atoms with van der Waals surface area (Å²) in [5.74, 6) is -0.848. The number of hydrogen-bond acceptors (Lipinski definition) is 4. The number of thioether (sulfide) groups is 1. The van der Waals surface area contributed by atoms with Crippen molar-refractivity contribution in [3.63, 3.8) is 0 Å². The van der Waals surface area contributed by atoms with Gasteiger partial charge in [0.1, 0.15) is 4.91 Å². The average Bonchev–Trinajstić information content (AvgIpc) is 2.45. The lowest BCUT2D eigenvalue weighted by Gasteiger charge is -2.22. The van der Waals surface area contributed by atoms with Crippen LogP contribution in [0.1, 0.15) is 13.3 Å². The van der Waals surface area contributed by atoms with E-state index in [1.165, 1.54) is 11.8 Å². The maximum absolute atomic E-state index is 10.8. The summed E-state index contributed by atoms with van der Waals surface area (Å²) in [6.45, 7) is 3.55. The minimum Gasteiger partial charge on any atom is -0.477 e. The molecule has 0 atom stereocenters. The van der Waals surface area contributed by atoms with E-state index in [0.717, 1.165) is 30.4 Å². The van der Waals surface area contributed by atoms with Crippen LogP contribution in [0.5, 0.6) is 0 Å². The molecule has 0 aromatic carbocycles. The van der Waals surface area contributed by atoms with Gasteiger partial charge in [-0.25, -0.2) is 4.79 Å². The molecule has 0 bridgehead atoms. The van der Waals surface area contributed by atoms with Gasteiger partial charge in [0.15, 0.2) is 5.17 Å². The number of carboxylic acid groups (broad SMARTS) is 1. The van der Waals surface area contributed by atoms with Crippen LogP contribution in [-0.2, 0) is 4.79 Å². The fourth-order valence-electron chi connectivity index (χ4n) is 1.47. The molecule has 4 nitrogen and oxygen atoms in total. The summed E-state index contributed by atoms with van der Waals surface area (Å²) in [5, 5.41) is 9.72. The Balaban J connectivity index is 0.000000980. The van der Waals surface area contributed by atoms with Crippen LogP contribution >= 0.6 is 24.2 Å². The summed E-state index contributed by atoms with van der Waals surface area (Å²) >= 11 is 1.27. The summed E-state index contributed by atoms with van der Waals surface area (Å²) in [5.41, 5.74) is 0.830. The Bertz CT molecular complexity index is 327. The van der Waals surface area contributed by atoms with E-state index >= 15 is 0 Å². The van der Waals surface area contributed by atoms with Crippen molar-refractivity contribution in [2.45, 2.75) is 13.3 Å². The molecule has 0 aromatic rings. The van der Waals surface area contributed by atoms with Crippen LogP contribution in [0.3, 0.4) is 0 Å². The second kappa shape index (κ2) is 4.23. The molecule has 0 unspecified atom stereocenters. The maximum Gasteiger partial charge on any atom is 0.344 e. The molecule has 0 radical (unpaired) electrons. The first-order chi connectivity index (χ1) is 6.20. The predicted octanol–water partition coefficient (Wildman–Crippen LogP) is 1.53. The third kappa shape index (κ3) is 1.74. The standard InChI is InChI=1S/C8H10N2O2S.ClH/c1-5-6(7(11)12)13-8-9-3-2-4-10(5)8;/h2-4H2,1H3,(H,11,12);1H. The predicted molar refractivity (Wildman–Crippen MR) is 58.8 cm³/mol. The molecule has 6 heteroatoms. The molecular formula is C8H11ClN2O2S. The van der Waals surface area contributed by atoms with Gasteiger partial charge in [-0.2, -0.15) is 0 Å². The van der Waals surface area contributed by atoms with Crippen LogP contribution in [0.4, 0.5) is 0 Å². The molecule has 2 aliphatic rings. The van der Waals surface area contributed by atoms with Crippen LogP contribution in [0, 0.1) is 0 Å². The minimum absolute atomic E-state index is 0. The number of halogens is 1. The first-order valence-corrected chi connectivity index (χ1v) is 4.96. The molecule has 0 aliphatic carbocycles. The smallest absolute Gasteiger partial charge is 0.344 e. The lowest BCUT2D eigenvalue weighted by atomic mass is 10.3. The van der Waals surface area contributed by atoms with Gasteiger partial charge in [-0.05, 0) is 25.1 Å². The number of fused-ring (bicyclic) bond motifs is 1. The molecule has 14 heavy (non-hydrogen) atoms. The first kappa shape index (κ1) is 11.4. The normalized spacial score (nSPS) is 20.1. The zero-order chi connectivity index (χ0) is 9.42. The minimum atomic E-state index is -0.848. The summed E-state index contributed by atoms with van der Waals surface area (Å²) in [4.78, 5) is 17.5. The Labute approximate surface area is 92.5 Å². The largest absolute Gasteiger partial charge is 0.477 e. The van der Waals surface area contributed by atoms with E-state index in [9.17, 15) is 4.79 Å². The third-order valence-corrected chi connectivity index (χ3v) is 3.35. The third-order valence-electron chi connectivity index (χ3n) is 2.14. The number of rotatable bonds is 1. The second-order valence-corrected chi connectivity index (χ2v) is 3.97. The summed E-state index contributed by atoms with van der Waals surface area (Å²) < 4.78 is 0. The number of carbonyl (C=O) groups is 1. The van der Waals surface area contributed by atoms with Crippen LogP contribution in [0.2, 0.25) is 0 Å². The monoisotopic (exact) mass is 234 g/mol. The van der Waals surface area contributed by atoms with Crippen LogP contribution in [0.25, 0.3) is 0 Å². The maximum atomic E-state index is 10.8. The van der Waals surface area contributed by atoms with Gasteiger partial charge in [-0.3, -0.25) is 4.99 Å². The molecule has 1 N–H and O–H groups in total. The van der Waals surface area contributed by atoms with E-state index in [1.54, 1.807) is 0 Å². The Morgan fingerprint density at radius 3 is 2.93 bits per heavy atom. The van der Waals surface area contributed by atoms with Crippen molar-refractivity contribution >= 4 is 35.3 Å². The van der Waals surface area contributed by atoms with Crippen LogP contribution in [-0.4, -0.2) is 34.2 Å². The first-order valence-electron chi connectivity index (χ1n) is 4.14. The number of aliphatic imine (C=N–C) groups is 1. The molecule has 2 heterocycles. The Morgan fingerprint density at radius 2 is 2.36 bits per heavy atom. The SMILES string of the molecule is CC1=C(C(=O)O)SC2=NCCCN21.Cl. The van der Waals surface area contributed by atoms with Crippen molar-refractivity contribution in [3.05, 3.63) is 10.6 Å². The Morgan fingerprint density at radius 1 is 1.64 bits per heavy atom. The molecule has 0 saturated carbocycles. The average molecular weight is 235 g/mol. The van der Waals surface area contributed by atoms with Crippen molar-refractivity contribution in [2.24, 2.45) is 4.99 Å². The number of aliphatic carboxylic acids is 1. The van der Waals surface area contributed by atoms with E-state index < -0.39 is 5.97 Å². The lowest BCUT2D eigenvalue weighted by molar-refractivity contribution is -0.131. The van der Waals surface area contributed by atoms with Crippen molar-refractivity contribution < 1.29 is 9.90 Å². The van der Waals surface area contributed by atoms with Gasteiger partial charge in [0, 0.05) is 18.8 Å². The number of hydrogen-bond donors (Lipinski definition) is 1. The fraction of sp³-hybridized carbons (Fsp3) is 0.500. The highest BCUT2D eigenvalue weighted by Gasteiger charge is 2.31. The van der Waals surface area contributed by atoms with Gasteiger partial charge < -0.3 is 10.0 Å². The second-order valence-electron chi connectivity index (χ2n) is 2.99. The fourth-order valence-corrected chi connectivity index (χ4v) is 2.49. The van der Waals surface area contributed by atoms with Gasteiger partial charge in [-0.15, -0.1) is 12.4 Å². The van der Waals surface area contributed by atoms with E-state index in [-0.39, 0.29) is 12.4 Å². The molecule has 0 amide bonds. The van der Waals surface area contributed by atoms with Gasteiger partial charge in [-0.1, -0.05) is 0 Å². The molecule has 0 aromatic heterocycles. The zero-order valence-electron chi connectivity index (χ0n) is 7.69. The van der Waals surface area contributed by atoms with E-state index in [0.29, 0.717) is 4.91 Å². The molecule has 78 valence electrons. The number of nitrogens with zero attached hydrogens (tertiary/aromatic N) is 2. The molecule has 0 saturated heterocycles. The van der Waals surface area contributed by atoms with E-state index in [2.05, 4.69) is 4.99 Å². The quantitative estimate of drug-likeness (QED) is 0.748. The molecule has 0 fully saturated rings. The highest BCUT2D eigenvalue weighted by Crippen LogP contribution is 2.35. The molecule has 0 spiro atoms. The van der Waals surface area contributed by atoms with Crippen molar-refractivity contribution in [1.29, 1.82) is 0 Å². The summed E-state index contributed by atoms with van der Waals surface area (Å²) in [6, 6.07) is 0. The number of carboxylic acids is 1. The molecular weight excluding hydrogens is 224 g/mol. The van der Waals surface area contributed by atoms with Gasteiger partial charge in [0.2, 0.25) is 0 Å². The van der Waals surface area contributed by atoms with Gasteiger partial charge in [0.05, 0.1) is 0 Å². The highest BCUT2D eigenvalue weighted by molar-refractivity contribution is 8.18. The zero-order valence-corrected chi connectivity index (χ0v) is 9.32. The number of allylic oxidation sites excluding steroid dienone is 1. The molecule has 2 rings (SSSR count). The van der Waals surface area contributed by atoms with Crippen molar-refractivity contribution in [1.82, 2.24) is 4.90 Å². The van der Waals surface area contributed by atoms with Crippen LogP contribution in [0.15, 0.2) is 15.6 Å². The van der Waals surface area contributed by atoms with Crippen molar-refractivity contribution in [3.8, 4) is 0 Å². The Hall–Kier alpha value is -0.680.